The van der Waals surface area contributed by atoms with Crippen LogP contribution in [0.2, 0.25) is 0 Å². The van der Waals surface area contributed by atoms with Gasteiger partial charge < -0.3 is 4.74 Å². The van der Waals surface area contributed by atoms with Gasteiger partial charge in [-0.1, -0.05) is 97.1 Å². The van der Waals surface area contributed by atoms with Gasteiger partial charge in [-0.15, -0.1) is 0 Å². The van der Waals surface area contributed by atoms with Crippen molar-refractivity contribution in [3.05, 3.63) is 96.6 Å². The summed E-state index contributed by atoms with van der Waals surface area (Å²) in [6.45, 7) is 0. The Labute approximate surface area is 189 Å². The second kappa shape index (κ2) is 6.17. The molecule has 1 nitrogen and oxygen atoms in total. The van der Waals surface area contributed by atoms with Gasteiger partial charge in [0.05, 0.1) is 0 Å². The highest BCUT2D eigenvalue weighted by molar-refractivity contribution is 6.41. The third-order valence-corrected chi connectivity index (χ3v) is 6.65. The first-order chi connectivity index (χ1) is 15.6. The van der Waals surface area contributed by atoms with Gasteiger partial charge in [-0.25, -0.2) is 0 Å². The van der Waals surface area contributed by atoms with Crippen molar-refractivity contribution >= 4 is 43.3 Å². The summed E-state index contributed by atoms with van der Waals surface area (Å²) in [5.41, 5.74) is 8.27. The Morgan fingerprint density at radius 2 is 1.25 bits per heavy atom. The van der Waals surface area contributed by atoms with Crippen molar-refractivity contribution in [2.24, 2.45) is 0 Å². The normalized spacial score (nSPS) is 14.9. The monoisotopic (exact) mass is 402 g/mol. The molecule has 5 aromatic carbocycles. The van der Waals surface area contributed by atoms with Crippen LogP contribution in [0.3, 0.4) is 0 Å². The van der Waals surface area contributed by atoms with E-state index in [2.05, 4.69) is 78.9 Å². The molecule has 5 aromatic rings. The van der Waals surface area contributed by atoms with Crippen molar-refractivity contribution in [3.63, 3.8) is 0 Å². The minimum Gasteiger partial charge on any atom is -0.502 e. The maximum atomic E-state index is 6.18. The van der Waals surface area contributed by atoms with Crippen LogP contribution >= 0.6 is 0 Å². The van der Waals surface area contributed by atoms with E-state index in [-0.39, 0.29) is 0 Å². The fourth-order valence-electron chi connectivity index (χ4n) is 5.39. The molecule has 0 spiro atoms. The number of benzene rings is 5. The van der Waals surface area contributed by atoms with Gasteiger partial charge in [-0.3, -0.25) is 0 Å². The van der Waals surface area contributed by atoms with E-state index < -0.39 is 5.40 Å². The van der Waals surface area contributed by atoms with E-state index in [1.807, 2.05) is 12.1 Å². The molecule has 0 aromatic heterocycles. The summed E-state index contributed by atoms with van der Waals surface area (Å²) in [5.74, 6) is 0.736. The van der Waals surface area contributed by atoms with Crippen LogP contribution in [-0.2, 0) is 0 Å². The van der Waals surface area contributed by atoms with Gasteiger partial charge in [-0.05, 0) is 44.0 Å². The minimum absolute atomic E-state index is 0.736. The van der Waals surface area contributed by atoms with Crippen molar-refractivity contribution in [1.82, 2.24) is 0 Å². The lowest BCUT2D eigenvalue weighted by atomic mass is 9.64. The van der Waals surface area contributed by atoms with Crippen LogP contribution in [0, 0.1) is 0 Å². The summed E-state index contributed by atoms with van der Waals surface area (Å²) in [6, 6.07) is 30.1. The Morgan fingerprint density at radius 3 is 2.06 bits per heavy atom. The van der Waals surface area contributed by atoms with E-state index in [1.54, 1.807) is 6.08 Å². The van der Waals surface area contributed by atoms with Crippen LogP contribution in [0.1, 0.15) is 5.56 Å². The van der Waals surface area contributed by atoms with Crippen LogP contribution in [0.25, 0.3) is 61.0 Å². The molecule has 1 aliphatic heterocycles. The molecule has 0 N–H and O–H groups in total. The SMILES string of the molecule is [B]C1([B])C=Cc2c3c(c4ccccc4c2O1)-c1cccc2cccc(c12)-c1ccccc1-3. The smallest absolute Gasteiger partial charge is 0.133 e. The van der Waals surface area contributed by atoms with E-state index in [1.165, 1.54) is 38.6 Å². The Hall–Kier alpha value is -3.71. The Morgan fingerprint density at radius 1 is 0.594 bits per heavy atom. The highest BCUT2D eigenvalue weighted by Crippen LogP contribution is 2.54. The van der Waals surface area contributed by atoms with E-state index in [0.29, 0.717) is 0 Å². The first-order valence-electron chi connectivity index (χ1n) is 10.8. The molecule has 1 aliphatic carbocycles. The van der Waals surface area contributed by atoms with Crippen molar-refractivity contribution < 1.29 is 4.74 Å². The van der Waals surface area contributed by atoms with Crippen LogP contribution in [-0.4, -0.2) is 21.1 Å². The van der Waals surface area contributed by atoms with Crippen molar-refractivity contribution in [3.8, 4) is 39.1 Å². The lowest BCUT2D eigenvalue weighted by Crippen LogP contribution is -2.36. The summed E-state index contributed by atoms with van der Waals surface area (Å²) in [7, 11) is 12.4. The predicted octanol–water partition coefficient (Wildman–Crippen LogP) is 6.70. The van der Waals surface area contributed by atoms with Gasteiger partial charge in [0, 0.05) is 21.9 Å². The maximum absolute atomic E-state index is 6.18. The Bertz CT molecular complexity index is 1620. The second-order valence-electron chi connectivity index (χ2n) is 8.58. The molecule has 1 heterocycles. The van der Waals surface area contributed by atoms with Gasteiger partial charge >= 0.3 is 0 Å². The Balaban J connectivity index is 1.79. The topological polar surface area (TPSA) is 9.23 Å². The zero-order valence-corrected chi connectivity index (χ0v) is 17.3. The number of ether oxygens (including phenoxy) is 1. The summed E-state index contributed by atoms with van der Waals surface area (Å²) in [6.07, 6.45) is 3.77. The van der Waals surface area contributed by atoms with Gasteiger partial charge in [0.15, 0.2) is 0 Å². The number of hydrogen-bond acceptors (Lipinski definition) is 1. The third-order valence-electron chi connectivity index (χ3n) is 6.65. The number of rotatable bonds is 0. The zero-order valence-electron chi connectivity index (χ0n) is 17.3. The number of fused-ring (bicyclic) bond motifs is 10. The van der Waals surface area contributed by atoms with E-state index >= 15 is 0 Å². The van der Waals surface area contributed by atoms with E-state index in [9.17, 15) is 0 Å². The molecule has 0 saturated heterocycles. The molecule has 2 aliphatic rings. The molecular formula is C29H16B2O. The van der Waals surface area contributed by atoms with Gasteiger partial charge in [-0.2, -0.15) is 0 Å². The fourth-order valence-corrected chi connectivity index (χ4v) is 5.39. The molecule has 3 heteroatoms. The predicted molar refractivity (Wildman–Crippen MR) is 135 cm³/mol. The van der Waals surface area contributed by atoms with Crippen LogP contribution in [0.4, 0.5) is 0 Å². The van der Waals surface area contributed by atoms with Gasteiger partial charge in [0.25, 0.3) is 0 Å². The zero-order chi connectivity index (χ0) is 21.4. The second-order valence-corrected chi connectivity index (χ2v) is 8.58. The summed E-state index contributed by atoms with van der Waals surface area (Å²) >= 11 is 0. The largest absolute Gasteiger partial charge is 0.502 e. The van der Waals surface area contributed by atoms with Gasteiger partial charge in [0.1, 0.15) is 21.4 Å². The number of hydrogen-bond donors (Lipinski definition) is 0. The van der Waals surface area contributed by atoms with Crippen molar-refractivity contribution in [1.29, 1.82) is 0 Å². The molecule has 32 heavy (non-hydrogen) atoms. The summed E-state index contributed by atoms with van der Waals surface area (Å²) in [4.78, 5) is 0. The molecule has 0 fully saturated rings. The quantitative estimate of drug-likeness (QED) is 0.257. The highest BCUT2D eigenvalue weighted by Gasteiger charge is 2.31. The maximum Gasteiger partial charge on any atom is 0.133 e. The molecule has 0 atom stereocenters. The average Bonchev–Trinajstić information content (AvgIpc) is 2.94. The lowest BCUT2D eigenvalue weighted by molar-refractivity contribution is 0.288. The van der Waals surface area contributed by atoms with Crippen LogP contribution < -0.4 is 4.74 Å². The van der Waals surface area contributed by atoms with E-state index in [0.717, 1.165) is 27.6 Å². The van der Waals surface area contributed by atoms with E-state index in [4.69, 9.17) is 20.4 Å². The first kappa shape index (κ1) is 17.9. The third kappa shape index (κ3) is 2.31. The van der Waals surface area contributed by atoms with Gasteiger partial charge in [0.2, 0.25) is 0 Å². The highest BCUT2D eigenvalue weighted by atomic mass is 16.5. The molecule has 144 valence electrons. The molecule has 0 bridgehead atoms. The van der Waals surface area contributed by atoms with Crippen molar-refractivity contribution in [2.45, 2.75) is 5.40 Å². The molecule has 0 saturated carbocycles. The molecular weight excluding hydrogens is 386 g/mol. The molecule has 4 radical (unpaired) electrons. The first-order valence-corrected chi connectivity index (χ1v) is 10.8. The molecule has 0 unspecified atom stereocenters. The van der Waals surface area contributed by atoms with Crippen molar-refractivity contribution in [2.75, 3.05) is 0 Å². The fraction of sp³-hybridized carbons (Fsp3) is 0.0345. The minimum atomic E-state index is -1.34. The van der Waals surface area contributed by atoms with Crippen LogP contribution in [0.5, 0.6) is 5.75 Å². The van der Waals surface area contributed by atoms with Crippen LogP contribution in [0.15, 0.2) is 91.0 Å². The standard InChI is InChI=1S/C29H16B2O/c30-29(31)16-15-24-27-20-10-2-1-9-18(20)19-13-5-7-17-8-6-14-23(25(17)19)26(27)21-11-3-4-12-22(21)28(24)32-29/h1-16H. The molecule has 7 rings (SSSR count). The summed E-state index contributed by atoms with van der Waals surface area (Å²) in [5, 5.41) is 3.32. The Kier molecular flexibility index (Phi) is 3.45. The average molecular weight is 402 g/mol. The summed E-state index contributed by atoms with van der Waals surface area (Å²) < 4.78 is 6.17. The lowest BCUT2D eigenvalue weighted by Gasteiger charge is -2.32. The molecule has 0 amide bonds.